The van der Waals surface area contributed by atoms with Crippen molar-refractivity contribution in [2.75, 3.05) is 38.9 Å². The molecule has 206 valence electrons. The molecule has 0 saturated carbocycles. The first-order valence-corrected chi connectivity index (χ1v) is 12.3. The van der Waals surface area contributed by atoms with E-state index in [4.69, 9.17) is 18.9 Å². The Labute approximate surface area is 219 Å². The number of alkyl halides is 2. The number of methoxy groups -OCH3 is 1. The number of hydrogen-bond acceptors (Lipinski definition) is 8. The van der Waals surface area contributed by atoms with Gasteiger partial charge in [-0.3, -0.25) is 0 Å². The highest BCUT2D eigenvalue weighted by atomic mass is 19.3. The summed E-state index contributed by atoms with van der Waals surface area (Å²) >= 11 is 0. The van der Waals surface area contributed by atoms with Crippen LogP contribution in [0.5, 0.6) is 11.5 Å². The van der Waals surface area contributed by atoms with E-state index >= 15 is 4.39 Å². The third-order valence-electron chi connectivity index (χ3n) is 6.36. The standard InChI is InChI=1S/C27H32F3N3O5/c1-15(18-7-6-8-20(24(18)28)27(29,30)26(3,4)34)31-25-19-11-23(38-14-17-13-36-9-10-37-17)22(35-5)12-21(19)32-16(2)33-25/h6-8,11-12,15,17,34H,9-10,13-14H2,1-5H3,(H,31,32,33)/t15?,17-/m0/s1. The van der Waals surface area contributed by atoms with Crippen LogP contribution in [0, 0.1) is 12.7 Å². The molecule has 0 aliphatic carbocycles. The van der Waals surface area contributed by atoms with Crippen molar-refractivity contribution in [2.45, 2.75) is 51.4 Å². The van der Waals surface area contributed by atoms with Crippen LogP contribution in [-0.2, 0) is 15.4 Å². The van der Waals surface area contributed by atoms with Gasteiger partial charge >= 0.3 is 5.92 Å². The average Bonchev–Trinajstić information content (AvgIpc) is 2.86. The van der Waals surface area contributed by atoms with Gasteiger partial charge in [0.2, 0.25) is 0 Å². The molecule has 1 aliphatic heterocycles. The summed E-state index contributed by atoms with van der Waals surface area (Å²) in [6, 6.07) is 6.38. The van der Waals surface area contributed by atoms with Crippen LogP contribution in [0.25, 0.3) is 10.9 Å². The molecule has 38 heavy (non-hydrogen) atoms. The number of aliphatic hydroxyl groups is 1. The van der Waals surface area contributed by atoms with E-state index in [9.17, 15) is 13.9 Å². The average molecular weight is 536 g/mol. The third kappa shape index (κ3) is 5.64. The van der Waals surface area contributed by atoms with Gasteiger partial charge in [-0.1, -0.05) is 12.1 Å². The number of nitrogens with zero attached hydrogens (tertiary/aromatic N) is 2. The summed E-state index contributed by atoms with van der Waals surface area (Å²) in [7, 11) is 1.52. The van der Waals surface area contributed by atoms with Crippen molar-refractivity contribution >= 4 is 16.7 Å². The van der Waals surface area contributed by atoms with Gasteiger partial charge in [-0.05, 0) is 39.8 Å². The molecule has 1 saturated heterocycles. The largest absolute Gasteiger partial charge is 0.493 e. The Morgan fingerprint density at radius 2 is 1.95 bits per heavy atom. The maximum Gasteiger partial charge on any atom is 0.303 e. The van der Waals surface area contributed by atoms with E-state index in [0.717, 1.165) is 19.9 Å². The Morgan fingerprint density at radius 3 is 2.61 bits per heavy atom. The van der Waals surface area contributed by atoms with Crippen LogP contribution in [0.1, 0.15) is 43.8 Å². The van der Waals surface area contributed by atoms with E-state index in [1.165, 1.54) is 19.2 Å². The van der Waals surface area contributed by atoms with E-state index in [0.29, 0.717) is 53.9 Å². The van der Waals surface area contributed by atoms with Crippen LogP contribution in [0.3, 0.4) is 0 Å². The molecule has 1 aromatic heterocycles. The van der Waals surface area contributed by atoms with Crippen molar-refractivity contribution in [1.29, 1.82) is 0 Å². The molecular weight excluding hydrogens is 503 g/mol. The minimum Gasteiger partial charge on any atom is -0.493 e. The summed E-state index contributed by atoms with van der Waals surface area (Å²) in [5, 5.41) is 13.6. The van der Waals surface area contributed by atoms with Crippen LogP contribution in [-0.4, -0.2) is 60.3 Å². The van der Waals surface area contributed by atoms with E-state index < -0.39 is 28.9 Å². The molecule has 2 heterocycles. The van der Waals surface area contributed by atoms with Gasteiger partial charge in [0, 0.05) is 17.0 Å². The zero-order chi connectivity index (χ0) is 27.7. The van der Waals surface area contributed by atoms with Crippen LogP contribution in [0.15, 0.2) is 30.3 Å². The van der Waals surface area contributed by atoms with Gasteiger partial charge in [0.25, 0.3) is 0 Å². The fourth-order valence-corrected chi connectivity index (χ4v) is 4.19. The maximum absolute atomic E-state index is 15.4. The Kier molecular flexibility index (Phi) is 8.01. The number of halogens is 3. The Balaban J connectivity index is 1.67. The molecule has 1 fully saturated rings. The van der Waals surface area contributed by atoms with E-state index in [2.05, 4.69) is 15.3 Å². The zero-order valence-electron chi connectivity index (χ0n) is 22.0. The van der Waals surface area contributed by atoms with E-state index in [1.54, 1.807) is 26.0 Å². The highest BCUT2D eigenvalue weighted by molar-refractivity contribution is 5.92. The normalized spacial score (nSPS) is 17.3. The minimum absolute atomic E-state index is 0.00438. The molecule has 8 nitrogen and oxygen atoms in total. The number of anilines is 1. The fourth-order valence-electron chi connectivity index (χ4n) is 4.19. The van der Waals surface area contributed by atoms with Crippen molar-refractivity contribution in [3.63, 3.8) is 0 Å². The predicted molar refractivity (Wildman–Crippen MR) is 136 cm³/mol. The molecule has 2 N–H and O–H groups in total. The number of nitrogens with one attached hydrogen (secondary N) is 1. The fraction of sp³-hybridized carbons (Fsp3) is 0.481. The molecule has 2 aromatic carbocycles. The Bertz CT molecular complexity index is 1290. The molecule has 0 radical (unpaired) electrons. The summed E-state index contributed by atoms with van der Waals surface area (Å²) in [6.45, 7) is 6.91. The van der Waals surface area contributed by atoms with Gasteiger partial charge in [-0.25, -0.2) is 14.4 Å². The van der Waals surface area contributed by atoms with Crippen LogP contribution in [0.2, 0.25) is 0 Å². The smallest absolute Gasteiger partial charge is 0.303 e. The number of rotatable bonds is 9. The first-order chi connectivity index (χ1) is 17.9. The Morgan fingerprint density at radius 1 is 1.18 bits per heavy atom. The number of aryl methyl sites for hydroxylation is 1. The first kappa shape index (κ1) is 27.9. The lowest BCUT2D eigenvalue weighted by Gasteiger charge is -2.30. The predicted octanol–water partition coefficient (Wildman–Crippen LogP) is 4.92. The third-order valence-corrected chi connectivity index (χ3v) is 6.36. The van der Waals surface area contributed by atoms with Gasteiger partial charge < -0.3 is 29.4 Å². The lowest BCUT2D eigenvalue weighted by molar-refractivity contribution is -0.170. The van der Waals surface area contributed by atoms with Crippen molar-refractivity contribution < 1.29 is 37.2 Å². The molecule has 2 atom stereocenters. The number of fused-ring (bicyclic) bond motifs is 1. The molecule has 3 aromatic rings. The molecule has 11 heteroatoms. The van der Waals surface area contributed by atoms with Gasteiger partial charge in [-0.2, -0.15) is 8.78 Å². The molecule has 1 unspecified atom stereocenters. The highest BCUT2D eigenvalue weighted by Gasteiger charge is 2.49. The second kappa shape index (κ2) is 10.9. The molecular formula is C27H32F3N3O5. The number of benzene rings is 2. The summed E-state index contributed by atoms with van der Waals surface area (Å²) in [6.07, 6.45) is -0.228. The van der Waals surface area contributed by atoms with E-state index in [1.807, 2.05) is 0 Å². The monoisotopic (exact) mass is 535 g/mol. The van der Waals surface area contributed by atoms with Crippen molar-refractivity contribution in [3.8, 4) is 11.5 Å². The van der Waals surface area contributed by atoms with Crippen molar-refractivity contribution in [1.82, 2.24) is 9.97 Å². The summed E-state index contributed by atoms with van der Waals surface area (Å²) in [5.74, 6) is -3.22. The number of ether oxygens (including phenoxy) is 4. The highest BCUT2D eigenvalue weighted by Crippen LogP contribution is 2.42. The van der Waals surface area contributed by atoms with Crippen LogP contribution >= 0.6 is 0 Å². The summed E-state index contributed by atoms with van der Waals surface area (Å²) in [4.78, 5) is 8.95. The molecule has 0 bridgehead atoms. The van der Waals surface area contributed by atoms with Crippen molar-refractivity contribution in [3.05, 3.63) is 53.1 Å². The SMILES string of the molecule is COc1cc2nc(C)nc(NC(C)c3cccc(C(F)(F)C(C)(C)O)c3F)c2cc1OC[C@@H]1COCCO1. The Hall–Kier alpha value is -3.15. The zero-order valence-corrected chi connectivity index (χ0v) is 22.0. The second-order valence-electron chi connectivity index (χ2n) is 9.73. The van der Waals surface area contributed by atoms with E-state index in [-0.39, 0.29) is 18.3 Å². The number of hydrogen-bond donors (Lipinski definition) is 2. The van der Waals surface area contributed by atoms with Gasteiger partial charge in [0.1, 0.15) is 35.8 Å². The van der Waals surface area contributed by atoms with Crippen LogP contribution in [0.4, 0.5) is 19.0 Å². The van der Waals surface area contributed by atoms with Crippen molar-refractivity contribution in [2.24, 2.45) is 0 Å². The second-order valence-corrected chi connectivity index (χ2v) is 9.73. The lowest BCUT2D eigenvalue weighted by Crippen LogP contribution is -2.41. The summed E-state index contributed by atoms with van der Waals surface area (Å²) in [5.41, 5.74) is -2.78. The quantitative estimate of drug-likeness (QED) is 0.399. The van der Waals surface area contributed by atoms with Gasteiger partial charge in [-0.15, -0.1) is 0 Å². The summed E-state index contributed by atoms with van der Waals surface area (Å²) < 4.78 is 67.5. The minimum atomic E-state index is -3.80. The van der Waals surface area contributed by atoms with Gasteiger partial charge in [0.15, 0.2) is 11.5 Å². The van der Waals surface area contributed by atoms with Crippen LogP contribution < -0.4 is 14.8 Å². The molecule has 1 aliphatic rings. The molecule has 0 amide bonds. The molecule has 0 spiro atoms. The topological polar surface area (TPSA) is 95.0 Å². The lowest BCUT2D eigenvalue weighted by atomic mass is 9.91. The maximum atomic E-state index is 15.4. The van der Waals surface area contributed by atoms with Gasteiger partial charge in [0.05, 0.1) is 44.1 Å². The molecule has 4 rings (SSSR count). The first-order valence-electron chi connectivity index (χ1n) is 12.3. The number of aromatic nitrogens is 2.